The summed E-state index contributed by atoms with van der Waals surface area (Å²) in [5, 5.41) is 2.84. The maximum absolute atomic E-state index is 12.4. The van der Waals surface area contributed by atoms with Gasteiger partial charge in [-0.1, -0.05) is 31.5 Å². The second kappa shape index (κ2) is 8.11. The Morgan fingerprint density at radius 1 is 1.30 bits per heavy atom. The average molecular weight is 319 g/mol. The van der Waals surface area contributed by atoms with Crippen LogP contribution in [0.1, 0.15) is 49.0 Å². The van der Waals surface area contributed by atoms with Crippen LogP contribution in [0.3, 0.4) is 0 Å². The molecule has 1 aromatic carbocycles. The topological polar surface area (TPSA) is 64.6 Å². The molecule has 1 atom stereocenters. The summed E-state index contributed by atoms with van der Waals surface area (Å²) in [4.78, 5) is 24.4. The molecule has 0 aromatic heterocycles. The molecule has 1 amide bonds. The van der Waals surface area contributed by atoms with E-state index >= 15 is 0 Å². The molecule has 1 unspecified atom stereocenters. The lowest BCUT2D eigenvalue weighted by atomic mass is 9.89. The maximum Gasteiger partial charge on any atom is 0.339 e. The molecule has 23 heavy (non-hydrogen) atoms. The zero-order valence-electron chi connectivity index (χ0n) is 13.9. The first-order valence-corrected chi connectivity index (χ1v) is 8.24. The van der Waals surface area contributed by atoms with Crippen LogP contribution in [0.25, 0.3) is 0 Å². The Hall–Kier alpha value is -1.88. The number of rotatable bonds is 8. The van der Waals surface area contributed by atoms with Crippen LogP contribution in [0.4, 0.5) is 0 Å². The van der Waals surface area contributed by atoms with Crippen molar-refractivity contribution in [2.24, 2.45) is 0 Å². The van der Waals surface area contributed by atoms with Gasteiger partial charge in [0, 0.05) is 26.2 Å². The van der Waals surface area contributed by atoms with Crippen molar-refractivity contribution in [3.63, 3.8) is 0 Å². The highest BCUT2D eigenvalue weighted by molar-refractivity contribution is 5.97. The molecule has 0 saturated carbocycles. The van der Waals surface area contributed by atoms with Crippen molar-refractivity contribution in [3.05, 3.63) is 35.4 Å². The molecule has 5 nitrogen and oxygen atoms in total. The van der Waals surface area contributed by atoms with E-state index in [9.17, 15) is 9.59 Å². The summed E-state index contributed by atoms with van der Waals surface area (Å²) < 4.78 is 10.8. The third kappa shape index (κ3) is 4.55. The Labute approximate surface area is 137 Å². The zero-order valence-corrected chi connectivity index (χ0v) is 13.9. The van der Waals surface area contributed by atoms with Gasteiger partial charge in [0.15, 0.2) is 5.60 Å². The minimum absolute atomic E-state index is 0.256. The van der Waals surface area contributed by atoms with Crippen molar-refractivity contribution < 1.29 is 19.1 Å². The van der Waals surface area contributed by atoms with Crippen LogP contribution in [0.15, 0.2) is 24.3 Å². The van der Waals surface area contributed by atoms with Crippen molar-refractivity contribution in [1.29, 1.82) is 0 Å². The minimum Gasteiger partial charge on any atom is -0.445 e. The Kier molecular flexibility index (Phi) is 6.16. The van der Waals surface area contributed by atoms with E-state index in [4.69, 9.17) is 9.47 Å². The molecule has 2 rings (SSSR count). The second-order valence-electron chi connectivity index (χ2n) is 6.03. The predicted molar refractivity (Wildman–Crippen MR) is 87.3 cm³/mol. The van der Waals surface area contributed by atoms with Gasteiger partial charge < -0.3 is 14.8 Å². The Bertz CT molecular complexity index is 558. The van der Waals surface area contributed by atoms with Gasteiger partial charge >= 0.3 is 5.97 Å². The molecule has 5 heteroatoms. The number of fused-ring (bicyclic) bond motifs is 1. The zero-order chi connectivity index (χ0) is 16.7. The van der Waals surface area contributed by atoms with Crippen LogP contribution in [0, 0.1) is 0 Å². The van der Waals surface area contributed by atoms with Crippen LogP contribution in [-0.4, -0.2) is 37.2 Å². The van der Waals surface area contributed by atoms with Gasteiger partial charge in [-0.2, -0.15) is 0 Å². The molecular formula is C18H25NO4. The van der Waals surface area contributed by atoms with Gasteiger partial charge in [0.25, 0.3) is 5.91 Å². The standard InChI is InChI=1S/C18H25NO4/c1-3-4-11-22-12-7-10-19-17(21)18(2)13-14-8-5-6-9-15(14)16(20)23-18/h5-6,8-9H,3-4,7,10-13H2,1-2H3,(H,19,21). The number of esters is 1. The highest BCUT2D eigenvalue weighted by Gasteiger charge is 2.42. The van der Waals surface area contributed by atoms with Gasteiger partial charge in [-0.05, 0) is 31.4 Å². The lowest BCUT2D eigenvalue weighted by Crippen LogP contribution is -2.51. The van der Waals surface area contributed by atoms with Crippen molar-refractivity contribution in [2.45, 2.75) is 45.1 Å². The van der Waals surface area contributed by atoms with E-state index < -0.39 is 11.6 Å². The fraction of sp³-hybridized carbons (Fsp3) is 0.556. The Morgan fingerprint density at radius 3 is 2.83 bits per heavy atom. The number of hydrogen-bond acceptors (Lipinski definition) is 4. The molecule has 0 fully saturated rings. The summed E-state index contributed by atoms with van der Waals surface area (Å²) in [5.41, 5.74) is 0.250. The van der Waals surface area contributed by atoms with Crippen LogP contribution in [0.5, 0.6) is 0 Å². The van der Waals surface area contributed by atoms with Gasteiger partial charge in [-0.25, -0.2) is 4.79 Å². The number of carbonyl (C=O) groups is 2. The lowest BCUT2D eigenvalue weighted by Gasteiger charge is -2.33. The number of carbonyl (C=O) groups excluding carboxylic acids is 2. The van der Waals surface area contributed by atoms with Crippen molar-refractivity contribution in [3.8, 4) is 0 Å². The number of hydrogen-bond donors (Lipinski definition) is 1. The third-order valence-electron chi connectivity index (χ3n) is 3.96. The van der Waals surface area contributed by atoms with Crippen LogP contribution >= 0.6 is 0 Å². The van der Waals surface area contributed by atoms with Gasteiger partial charge in [-0.15, -0.1) is 0 Å². The van der Waals surface area contributed by atoms with E-state index in [1.54, 1.807) is 19.1 Å². The first-order chi connectivity index (χ1) is 11.1. The quantitative estimate of drug-likeness (QED) is 0.590. The predicted octanol–water partition coefficient (Wildman–Crippen LogP) is 2.48. The summed E-state index contributed by atoms with van der Waals surface area (Å²) in [5.74, 6) is -0.693. The first-order valence-electron chi connectivity index (χ1n) is 8.24. The molecule has 0 bridgehead atoms. The van der Waals surface area contributed by atoms with E-state index in [-0.39, 0.29) is 5.91 Å². The van der Waals surface area contributed by atoms with Gasteiger partial charge in [0.2, 0.25) is 0 Å². The number of amides is 1. The monoisotopic (exact) mass is 319 g/mol. The molecule has 0 aliphatic carbocycles. The number of unbranched alkanes of at least 4 members (excludes halogenated alkanes) is 1. The molecular weight excluding hydrogens is 294 g/mol. The molecule has 1 aromatic rings. The summed E-state index contributed by atoms with van der Waals surface area (Å²) in [6.45, 7) is 5.68. The lowest BCUT2D eigenvalue weighted by molar-refractivity contribution is -0.139. The summed E-state index contributed by atoms with van der Waals surface area (Å²) in [7, 11) is 0. The van der Waals surface area contributed by atoms with Crippen LogP contribution < -0.4 is 5.32 Å². The molecule has 1 aliphatic rings. The van der Waals surface area contributed by atoms with Gasteiger partial charge in [-0.3, -0.25) is 4.79 Å². The molecule has 1 N–H and O–H groups in total. The molecule has 1 aliphatic heterocycles. The fourth-order valence-electron chi connectivity index (χ4n) is 2.57. The van der Waals surface area contributed by atoms with E-state index in [0.717, 1.165) is 31.4 Å². The maximum atomic E-state index is 12.4. The van der Waals surface area contributed by atoms with Gasteiger partial charge in [0.05, 0.1) is 5.56 Å². The van der Waals surface area contributed by atoms with E-state index in [2.05, 4.69) is 12.2 Å². The van der Waals surface area contributed by atoms with Crippen molar-refractivity contribution in [1.82, 2.24) is 5.32 Å². The van der Waals surface area contributed by atoms with E-state index in [1.807, 2.05) is 12.1 Å². The highest BCUT2D eigenvalue weighted by atomic mass is 16.6. The number of ether oxygens (including phenoxy) is 2. The molecule has 1 heterocycles. The molecule has 0 radical (unpaired) electrons. The van der Waals surface area contributed by atoms with E-state index in [1.165, 1.54) is 0 Å². The molecule has 0 spiro atoms. The smallest absolute Gasteiger partial charge is 0.339 e. The number of benzene rings is 1. The van der Waals surface area contributed by atoms with Crippen LogP contribution in [0.2, 0.25) is 0 Å². The minimum atomic E-state index is -1.14. The van der Waals surface area contributed by atoms with Gasteiger partial charge in [0.1, 0.15) is 0 Å². The van der Waals surface area contributed by atoms with Crippen LogP contribution in [-0.2, 0) is 20.7 Å². The molecule has 126 valence electrons. The summed E-state index contributed by atoms with van der Waals surface area (Å²) >= 11 is 0. The van der Waals surface area contributed by atoms with Crippen molar-refractivity contribution >= 4 is 11.9 Å². The Balaban J connectivity index is 1.82. The third-order valence-corrected chi connectivity index (χ3v) is 3.96. The molecule has 0 saturated heterocycles. The van der Waals surface area contributed by atoms with E-state index in [0.29, 0.717) is 25.1 Å². The number of cyclic esters (lactones) is 1. The SMILES string of the molecule is CCCCOCCCNC(=O)C1(C)Cc2ccccc2C(=O)O1. The Morgan fingerprint density at radius 2 is 2.04 bits per heavy atom. The second-order valence-corrected chi connectivity index (χ2v) is 6.03. The van der Waals surface area contributed by atoms with Crippen molar-refractivity contribution in [2.75, 3.05) is 19.8 Å². The fourth-order valence-corrected chi connectivity index (χ4v) is 2.57. The highest BCUT2D eigenvalue weighted by Crippen LogP contribution is 2.28. The first kappa shape index (κ1) is 17.5. The summed E-state index contributed by atoms with van der Waals surface area (Å²) in [6.07, 6.45) is 3.31. The largest absolute Gasteiger partial charge is 0.445 e. The average Bonchev–Trinajstić information content (AvgIpc) is 2.53. The number of nitrogens with one attached hydrogen (secondary N) is 1. The summed E-state index contributed by atoms with van der Waals surface area (Å²) in [6, 6.07) is 7.25. The normalized spacial score (nSPS) is 19.8.